The lowest BCUT2D eigenvalue weighted by molar-refractivity contribution is -0.143. The van der Waals surface area contributed by atoms with Gasteiger partial charge in [0.1, 0.15) is 5.92 Å². The minimum Gasteiger partial charge on any atom is -0.468 e. The van der Waals surface area contributed by atoms with Gasteiger partial charge in [0.25, 0.3) is 0 Å². The van der Waals surface area contributed by atoms with E-state index in [1.54, 1.807) is 29.3 Å². The van der Waals surface area contributed by atoms with Crippen molar-refractivity contribution < 1.29 is 28.7 Å². The second-order valence-electron chi connectivity index (χ2n) is 12.2. The number of hydrogen-bond acceptors (Lipinski definition) is 10. The molecule has 4 heterocycles. The maximum atomic E-state index is 13.8. The minimum absolute atomic E-state index is 0.0542. The van der Waals surface area contributed by atoms with Crippen LogP contribution < -0.4 is 0 Å². The van der Waals surface area contributed by atoms with Crippen molar-refractivity contribution in [1.29, 1.82) is 0 Å². The first-order valence-corrected chi connectivity index (χ1v) is 17.8. The summed E-state index contributed by atoms with van der Waals surface area (Å²) in [5.41, 5.74) is 1.08. The third-order valence-corrected chi connectivity index (χ3v) is 10.9. The van der Waals surface area contributed by atoms with Crippen molar-refractivity contribution in [3.63, 3.8) is 0 Å². The average molecular weight is 719 g/mol. The molecule has 0 saturated carbocycles. The van der Waals surface area contributed by atoms with Crippen LogP contribution in [-0.4, -0.2) is 109 Å². The predicted octanol–water partition coefficient (Wildman–Crippen LogP) is 4.77. The number of likely N-dealkylation sites (tertiary alicyclic amines) is 1. The number of halogens is 2. The van der Waals surface area contributed by atoms with E-state index in [4.69, 9.17) is 37.7 Å². The molecule has 1 aromatic carbocycles. The summed E-state index contributed by atoms with van der Waals surface area (Å²) >= 11 is 14.9. The fraction of sp³-hybridized carbons (Fsp3) is 0.529. The molecule has 3 aliphatic heterocycles. The standard InChI is InChI=1S/C34H41Cl2N5O6S/c1-21-8-11-27(42)41(21)14-5-13-39-15-17-40(18-16-39)28(43)20-25-31(34(45)47-3)32(29-22(35)6-4-7-23(29)36)30(33(44)46-2)24(38-25)9-10-26-37-12-19-48-26/h4,6-7,12,19,21,30,32H,5,8-11,13-18,20H2,1-3H3. The van der Waals surface area contributed by atoms with Crippen LogP contribution >= 0.6 is 34.5 Å². The van der Waals surface area contributed by atoms with Gasteiger partial charge in [0.2, 0.25) is 11.8 Å². The van der Waals surface area contributed by atoms with Crippen LogP contribution in [0.4, 0.5) is 0 Å². The van der Waals surface area contributed by atoms with E-state index in [1.165, 1.54) is 25.6 Å². The Labute approximate surface area is 294 Å². The summed E-state index contributed by atoms with van der Waals surface area (Å²) in [6.07, 6.45) is 4.79. The number of rotatable bonds is 12. The van der Waals surface area contributed by atoms with Crippen molar-refractivity contribution in [1.82, 2.24) is 19.7 Å². The van der Waals surface area contributed by atoms with Crippen molar-refractivity contribution in [2.45, 2.75) is 57.4 Å². The van der Waals surface area contributed by atoms with Crippen LogP contribution in [0.2, 0.25) is 10.0 Å². The lowest BCUT2D eigenvalue weighted by Gasteiger charge is -2.36. The van der Waals surface area contributed by atoms with E-state index in [9.17, 15) is 19.2 Å². The molecular weight excluding hydrogens is 677 g/mol. The summed E-state index contributed by atoms with van der Waals surface area (Å²) in [6.45, 7) is 6.12. The van der Waals surface area contributed by atoms with Gasteiger partial charge in [-0.05, 0) is 50.4 Å². The maximum Gasteiger partial charge on any atom is 0.336 e. The molecule has 5 rings (SSSR count). The number of carbonyl (C=O) groups excluding carboxylic acids is 4. The molecule has 258 valence electrons. The zero-order valence-electron chi connectivity index (χ0n) is 27.5. The maximum absolute atomic E-state index is 13.8. The molecule has 3 atom stereocenters. The molecule has 1 aromatic heterocycles. The highest BCUT2D eigenvalue weighted by atomic mass is 35.5. The number of aromatic nitrogens is 1. The number of hydrogen-bond donors (Lipinski definition) is 0. The first-order chi connectivity index (χ1) is 23.1. The molecule has 3 unspecified atom stereocenters. The zero-order chi connectivity index (χ0) is 34.4. The van der Waals surface area contributed by atoms with Gasteiger partial charge >= 0.3 is 11.9 Å². The Morgan fingerprint density at radius 2 is 1.75 bits per heavy atom. The van der Waals surface area contributed by atoms with Gasteiger partial charge < -0.3 is 19.3 Å². The van der Waals surface area contributed by atoms with Crippen LogP contribution in [0.1, 0.15) is 55.5 Å². The summed E-state index contributed by atoms with van der Waals surface area (Å²) in [5, 5.41) is 3.24. The number of thiazole rings is 1. The van der Waals surface area contributed by atoms with Crippen LogP contribution in [0.25, 0.3) is 0 Å². The minimum atomic E-state index is -1.04. The van der Waals surface area contributed by atoms with Gasteiger partial charge in [-0.2, -0.15) is 0 Å². The van der Waals surface area contributed by atoms with E-state index >= 15 is 0 Å². The van der Waals surface area contributed by atoms with Crippen LogP contribution in [0.3, 0.4) is 0 Å². The van der Waals surface area contributed by atoms with Crippen molar-refractivity contribution >= 4 is 64.0 Å². The average Bonchev–Trinajstić information content (AvgIpc) is 3.72. The molecule has 0 bridgehead atoms. The lowest BCUT2D eigenvalue weighted by Crippen LogP contribution is -2.49. The number of aryl methyl sites for hydroxylation is 1. The Hall–Kier alpha value is -3.32. The van der Waals surface area contributed by atoms with Crippen LogP contribution in [0.5, 0.6) is 0 Å². The molecule has 0 aliphatic carbocycles. The number of aliphatic imine (C=N–C) groups is 1. The van der Waals surface area contributed by atoms with Crippen molar-refractivity contribution in [2.75, 3.05) is 53.5 Å². The van der Waals surface area contributed by atoms with Crippen LogP contribution in [0.15, 0.2) is 46.0 Å². The highest BCUT2D eigenvalue weighted by molar-refractivity contribution is 7.09. The highest BCUT2D eigenvalue weighted by Gasteiger charge is 2.46. The molecule has 14 heteroatoms. The number of nitrogens with zero attached hydrogens (tertiary/aromatic N) is 5. The Balaban J connectivity index is 1.39. The molecule has 2 fully saturated rings. The molecule has 2 aromatic rings. The molecule has 0 spiro atoms. The topological polar surface area (TPSA) is 122 Å². The normalized spacial score (nSPS) is 21.8. The number of ether oxygens (including phenoxy) is 2. The van der Waals surface area contributed by atoms with Crippen LogP contribution in [0, 0.1) is 5.92 Å². The molecule has 2 saturated heterocycles. The smallest absolute Gasteiger partial charge is 0.336 e. The van der Waals surface area contributed by atoms with E-state index in [0.29, 0.717) is 62.8 Å². The molecular formula is C34H41Cl2N5O6S. The van der Waals surface area contributed by atoms with Gasteiger partial charge in [0.15, 0.2) is 0 Å². The number of benzene rings is 1. The molecule has 3 aliphatic rings. The fourth-order valence-electron chi connectivity index (χ4n) is 6.84. The van der Waals surface area contributed by atoms with Crippen LogP contribution in [-0.2, 0) is 35.1 Å². The van der Waals surface area contributed by atoms with Gasteiger partial charge in [0.05, 0.1) is 36.9 Å². The Morgan fingerprint density at radius 1 is 1.02 bits per heavy atom. The summed E-state index contributed by atoms with van der Waals surface area (Å²) in [5.74, 6) is -3.34. The second kappa shape index (κ2) is 16.4. The first-order valence-electron chi connectivity index (χ1n) is 16.2. The lowest BCUT2D eigenvalue weighted by atomic mass is 9.74. The van der Waals surface area contributed by atoms with Gasteiger partial charge in [-0.15, -0.1) is 11.3 Å². The first kappa shape index (κ1) is 36.0. The van der Waals surface area contributed by atoms with Crippen molar-refractivity contribution in [2.24, 2.45) is 10.9 Å². The molecule has 2 amide bonds. The SMILES string of the molecule is COC(=O)C1=C(CC(=O)N2CCN(CCCN3C(=O)CCC3C)CC2)N=C(CCc2nccs2)C(C(=O)OC)C1c1c(Cl)cccc1Cl. The number of piperazine rings is 1. The summed E-state index contributed by atoms with van der Waals surface area (Å²) in [7, 11) is 2.52. The number of amides is 2. The predicted molar refractivity (Wildman–Crippen MR) is 184 cm³/mol. The van der Waals surface area contributed by atoms with Gasteiger partial charge in [-0.25, -0.2) is 9.78 Å². The van der Waals surface area contributed by atoms with E-state index in [0.717, 1.165) is 30.9 Å². The Bertz CT molecular complexity index is 1550. The summed E-state index contributed by atoms with van der Waals surface area (Å²) in [6, 6.07) is 5.25. The van der Waals surface area contributed by atoms with E-state index in [1.807, 2.05) is 10.3 Å². The summed E-state index contributed by atoms with van der Waals surface area (Å²) in [4.78, 5) is 68.3. The summed E-state index contributed by atoms with van der Waals surface area (Å²) < 4.78 is 10.5. The third-order valence-electron chi connectivity index (χ3n) is 9.39. The van der Waals surface area contributed by atoms with Gasteiger partial charge in [-0.1, -0.05) is 29.3 Å². The number of esters is 2. The second-order valence-corrected chi connectivity index (χ2v) is 14.0. The highest BCUT2D eigenvalue weighted by Crippen LogP contribution is 2.46. The van der Waals surface area contributed by atoms with Gasteiger partial charge in [0, 0.05) is 84.9 Å². The molecule has 0 N–H and O–H groups in total. The van der Waals surface area contributed by atoms with E-state index in [2.05, 4.69) is 16.8 Å². The molecule has 11 nitrogen and oxygen atoms in total. The monoisotopic (exact) mass is 717 g/mol. The largest absolute Gasteiger partial charge is 0.468 e. The van der Waals surface area contributed by atoms with Crippen molar-refractivity contribution in [3.05, 3.63) is 61.7 Å². The molecule has 0 radical (unpaired) electrons. The van der Waals surface area contributed by atoms with Gasteiger partial charge in [-0.3, -0.25) is 24.3 Å². The van der Waals surface area contributed by atoms with E-state index < -0.39 is 23.8 Å². The third kappa shape index (κ3) is 8.10. The van der Waals surface area contributed by atoms with Crippen molar-refractivity contribution in [3.8, 4) is 0 Å². The fourth-order valence-corrected chi connectivity index (χ4v) is 8.09. The Morgan fingerprint density at radius 3 is 2.35 bits per heavy atom. The Kier molecular flexibility index (Phi) is 12.3. The number of carbonyl (C=O) groups is 4. The molecule has 48 heavy (non-hydrogen) atoms. The zero-order valence-corrected chi connectivity index (χ0v) is 29.8. The van der Waals surface area contributed by atoms with E-state index in [-0.39, 0.29) is 39.6 Å². The quantitative estimate of drug-likeness (QED) is 0.288. The number of methoxy groups -OCH3 is 2.